The molecule has 0 atom stereocenters. The van der Waals surface area contributed by atoms with Crippen molar-refractivity contribution in [2.45, 2.75) is 6.92 Å². The van der Waals surface area contributed by atoms with Gasteiger partial charge in [-0.1, -0.05) is 35.9 Å². The molecule has 22 heavy (non-hydrogen) atoms. The van der Waals surface area contributed by atoms with E-state index in [4.69, 9.17) is 11.6 Å². The number of rotatable bonds is 4. The molecule has 1 amide bonds. The number of benzene rings is 2. The Morgan fingerprint density at radius 3 is 2.14 bits per heavy atom. The van der Waals surface area contributed by atoms with Gasteiger partial charge in [0.25, 0.3) is 0 Å². The maximum atomic E-state index is 11.4. The highest BCUT2D eigenvalue weighted by molar-refractivity contribution is 6.30. The highest BCUT2D eigenvalue weighted by Crippen LogP contribution is 2.21. The summed E-state index contributed by atoms with van der Waals surface area (Å²) in [7, 11) is 0. The van der Waals surface area contributed by atoms with Gasteiger partial charge < -0.3 is 10.4 Å². The first-order valence-electron chi connectivity index (χ1n) is 6.54. The number of hydrogen-bond acceptors (Lipinski definition) is 2. The second-order valence-corrected chi connectivity index (χ2v) is 5.11. The minimum absolute atomic E-state index is 0.157. The Morgan fingerprint density at radius 1 is 1.05 bits per heavy atom. The smallest absolute Gasteiger partial charge is 0.336 e. The molecule has 2 rings (SSSR count). The fraction of sp³-hybridized carbons (Fsp3) is 0.0588. The lowest BCUT2D eigenvalue weighted by molar-refractivity contribution is -0.130. The Bertz CT molecular complexity index is 719. The molecule has 0 saturated heterocycles. The van der Waals surface area contributed by atoms with Crippen molar-refractivity contribution in [1.29, 1.82) is 0 Å². The van der Waals surface area contributed by atoms with Gasteiger partial charge in [0.15, 0.2) is 0 Å². The van der Waals surface area contributed by atoms with Crippen molar-refractivity contribution < 1.29 is 14.7 Å². The van der Waals surface area contributed by atoms with Crippen LogP contribution in [0.4, 0.5) is 5.69 Å². The summed E-state index contributed by atoms with van der Waals surface area (Å²) in [5.41, 5.74) is 2.13. The van der Waals surface area contributed by atoms with Crippen LogP contribution in [0.1, 0.15) is 18.1 Å². The van der Waals surface area contributed by atoms with Gasteiger partial charge in [0.05, 0.1) is 5.57 Å². The molecule has 0 radical (unpaired) electrons. The Balaban J connectivity index is 2.32. The van der Waals surface area contributed by atoms with Gasteiger partial charge in [-0.3, -0.25) is 4.79 Å². The molecule has 0 spiro atoms. The van der Waals surface area contributed by atoms with Crippen molar-refractivity contribution in [1.82, 2.24) is 0 Å². The van der Waals surface area contributed by atoms with E-state index in [2.05, 4.69) is 5.32 Å². The third kappa shape index (κ3) is 4.20. The van der Waals surface area contributed by atoms with Crippen molar-refractivity contribution >= 4 is 40.8 Å². The topological polar surface area (TPSA) is 66.4 Å². The fourth-order valence-corrected chi connectivity index (χ4v) is 2.06. The second kappa shape index (κ2) is 6.91. The van der Waals surface area contributed by atoms with Crippen molar-refractivity contribution in [2.24, 2.45) is 0 Å². The van der Waals surface area contributed by atoms with Crippen LogP contribution in [0.3, 0.4) is 0 Å². The molecule has 0 aromatic heterocycles. The lowest BCUT2D eigenvalue weighted by atomic mass is 10.0. The van der Waals surface area contributed by atoms with Gasteiger partial charge in [-0.25, -0.2) is 4.79 Å². The van der Waals surface area contributed by atoms with E-state index < -0.39 is 5.97 Å². The van der Waals surface area contributed by atoms with E-state index in [0.717, 1.165) is 5.56 Å². The molecular formula is C17H14ClNO3. The van der Waals surface area contributed by atoms with Crippen LogP contribution in [-0.4, -0.2) is 17.0 Å². The largest absolute Gasteiger partial charge is 0.478 e. The van der Waals surface area contributed by atoms with E-state index in [1.807, 2.05) is 0 Å². The van der Waals surface area contributed by atoms with Crippen molar-refractivity contribution in [3.63, 3.8) is 0 Å². The summed E-state index contributed by atoms with van der Waals surface area (Å²) in [6.07, 6.45) is 1.57. The zero-order chi connectivity index (χ0) is 16.1. The molecule has 0 bridgehead atoms. The normalized spacial score (nSPS) is 11.1. The Hall–Kier alpha value is -2.59. The van der Waals surface area contributed by atoms with Gasteiger partial charge in [-0.05, 0) is 41.5 Å². The highest BCUT2D eigenvalue weighted by atomic mass is 35.5. The summed E-state index contributed by atoms with van der Waals surface area (Å²) in [5, 5.41) is 12.6. The van der Waals surface area contributed by atoms with E-state index in [0.29, 0.717) is 16.3 Å². The third-order valence-corrected chi connectivity index (χ3v) is 3.18. The summed E-state index contributed by atoms with van der Waals surface area (Å²) >= 11 is 5.81. The molecule has 112 valence electrons. The second-order valence-electron chi connectivity index (χ2n) is 4.67. The van der Waals surface area contributed by atoms with Crippen LogP contribution in [0.2, 0.25) is 5.02 Å². The lowest BCUT2D eigenvalue weighted by Gasteiger charge is -2.05. The number of halogens is 1. The van der Waals surface area contributed by atoms with Gasteiger partial charge in [-0.2, -0.15) is 0 Å². The average Bonchev–Trinajstić information content (AvgIpc) is 2.47. The minimum atomic E-state index is -1.02. The monoisotopic (exact) mass is 315 g/mol. The summed E-state index contributed by atoms with van der Waals surface area (Å²) < 4.78 is 0. The first-order valence-corrected chi connectivity index (χ1v) is 6.92. The van der Waals surface area contributed by atoms with Crippen molar-refractivity contribution in [2.75, 3.05) is 5.32 Å². The molecule has 2 N–H and O–H groups in total. The number of nitrogens with one attached hydrogen (secondary N) is 1. The van der Waals surface area contributed by atoms with E-state index >= 15 is 0 Å². The molecule has 2 aromatic rings. The third-order valence-electron chi connectivity index (χ3n) is 2.93. The molecular weight excluding hydrogens is 302 g/mol. The molecule has 0 heterocycles. The van der Waals surface area contributed by atoms with Gasteiger partial charge >= 0.3 is 5.97 Å². The lowest BCUT2D eigenvalue weighted by Crippen LogP contribution is -2.05. The van der Waals surface area contributed by atoms with Crippen LogP contribution in [0, 0.1) is 0 Å². The summed E-state index contributed by atoms with van der Waals surface area (Å²) in [6.45, 7) is 1.43. The summed E-state index contributed by atoms with van der Waals surface area (Å²) in [6, 6.07) is 13.5. The molecule has 5 heteroatoms. The van der Waals surface area contributed by atoms with E-state index in [1.54, 1.807) is 54.6 Å². The fourth-order valence-electron chi connectivity index (χ4n) is 1.93. The summed E-state index contributed by atoms with van der Waals surface area (Å²) in [4.78, 5) is 22.4. The average molecular weight is 316 g/mol. The van der Waals surface area contributed by atoms with E-state index in [1.165, 1.54) is 6.92 Å². The van der Waals surface area contributed by atoms with Gasteiger partial charge in [0.2, 0.25) is 5.91 Å². The molecule has 0 unspecified atom stereocenters. The quantitative estimate of drug-likeness (QED) is 0.663. The summed E-state index contributed by atoms with van der Waals surface area (Å²) in [5.74, 6) is -1.18. The van der Waals surface area contributed by atoms with E-state index in [-0.39, 0.29) is 11.5 Å². The molecule has 2 aromatic carbocycles. The Kier molecular flexibility index (Phi) is 4.96. The predicted molar refractivity (Wildman–Crippen MR) is 87.7 cm³/mol. The first kappa shape index (κ1) is 15.8. The van der Waals surface area contributed by atoms with Crippen LogP contribution in [0.15, 0.2) is 48.5 Å². The number of anilines is 1. The first-order chi connectivity index (χ1) is 10.5. The van der Waals surface area contributed by atoms with Gasteiger partial charge in [0.1, 0.15) is 0 Å². The maximum absolute atomic E-state index is 11.4. The van der Waals surface area contributed by atoms with Crippen LogP contribution in [0.5, 0.6) is 0 Å². The molecule has 0 saturated carbocycles. The van der Waals surface area contributed by atoms with Crippen LogP contribution < -0.4 is 5.32 Å². The highest BCUT2D eigenvalue weighted by Gasteiger charge is 2.10. The Morgan fingerprint density at radius 2 is 1.64 bits per heavy atom. The van der Waals surface area contributed by atoms with E-state index in [9.17, 15) is 14.7 Å². The predicted octanol–water partition coefficient (Wildman–Crippen LogP) is 3.92. The number of hydrogen-bond donors (Lipinski definition) is 2. The number of carbonyl (C=O) groups is 2. The molecule has 0 aliphatic rings. The number of aliphatic carboxylic acids is 1. The maximum Gasteiger partial charge on any atom is 0.336 e. The molecule has 0 fully saturated rings. The zero-order valence-electron chi connectivity index (χ0n) is 11.8. The minimum Gasteiger partial charge on any atom is -0.478 e. The SMILES string of the molecule is CC(=O)Nc1ccc(/C=C(\C(=O)O)c2ccc(Cl)cc2)cc1. The number of carboxylic acids is 1. The number of carboxylic acid groups (broad SMARTS) is 1. The number of carbonyl (C=O) groups excluding carboxylic acids is 1. The number of amides is 1. The zero-order valence-corrected chi connectivity index (χ0v) is 12.6. The van der Waals surface area contributed by atoms with Crippen LogP contribution in [-0.2, 0) is 9.59 Å². The molecule has 0 aliphatic carbocycles. The molecule has 4 nitrogen and oxygen atoms in total. The van der Waals surface area contributed by atoms with Crippen LogP contribution >= 0.6 is 11.6 Å². The standard InChI is InChI=1S/C17H14ClNO3/c1-11(20)19-15-8-2-12(3-9-15)10-16(17(21)22)13-4-6-14(18)7-5-13/h2-10H,1H3,(H,19,20)(H,21,22)/b16-10-. The van der Waals surface area contributed by atoms with Gasteiger partial charge in [-0.15, -0.1) is 0 Å². The van der Waals surface area contributed by atoms with Gasteiger partial charge in [0, 0.05) is 17.6 Å². The van der Waals surface area contributed by atoms with Crippen molar-refractivity contribution in [3.8, 4) is 0 Å². The van der Waals surface area contributed by atoms with Crippen molar-refractivity contribution in [3.05, 3.63) is 64.7 Å². The molecule has 0 aliphatic heterocycles. The Labute approximate surface area is 133 Å². The van der Waals surface area contributed by atoms with Crippen LogP contribution in [0.25, 0.3) is 11.6 Å².